The van der Waals surface area contributed by atoms with E-state index in [-0.39, 0.29) is 0 Å². The van der Waals surface area contributed by atoms with Crippen LogP contribution < -0.4 is 5.73 Å². The van der Waals surface area contributed by atoms with Crippen molar-refractivity contribution in [1.29, 1.82) is 0 Å². The average Bonchev–Trinajstić information content (AvgIpc) is 1.63. The molecule has 2 heteroatoms. The van der Waals surface area contributed by atoms with Crippen LogP contribution >= 0.6 is 0 Å². The molecule has 0 bridgehead atoms. The minimum absolute atomic E-state index is 0.356. The molecule has 0 aromatic carbocycles. The number of nitrogens with one attached hydrogen (secondary N) is 1. The van der Waals surface area contributed by atoms with Crippen LogP contribution in [0.5, 0.6) is 0 Å². The number of hydrogen-bond acceptors (Lipinski definition) is 1. The quantitative estimate of drug-likeness (QED) is 0.567. The molecule has 0 saturated heterocycles. The molecule has 9 heavy (non-hydrogen) atoms. The molecule has 1 unspecified atom stereocenters. The Hall–Kier alpha value is -0.530. The van der Waals surface area contributed by atoms with Gasteiger partial charge in [-0.25, -0.2) is 0 Å². The molecular weight excluding hydrogens is 114 g/mol. The molecule has 1 amide bonds. The molecule has 0 heterocycles. The third-order valence-corrected chi connectivity index (χ3v) is 1.65. The first-order valence-corrected chi connectivity index (χ1v) is 3.28. The second-order valence-corrected chi connectivity index (χ2v) is 2.85. The fourth-order valence-electron chi connectivity index (χ4n) is 0.528. The Morgan fingerprint density at radius 1 is 1.44 bits per heavy atom. The zero-order chi connectivity index (χ0) is 7.44. The number of rotatable bonds is 3. The topological polar surface area (TPSA) is 40.9 Å². The van der Waals surface area contributed by atoms with E-state index in [9.17, 15) is 4.79 Å². The van der Waals surface area contributed by atoms with Crippen LogP contribution in [0.15, 0.2) is 0 Å². The van der Waals surface area contributed by atoms with Crippen LogP contribution in [-0.4, -0.2) is 5.91 Å². The summed E-state index contributed by atoms with van der Waals surface area (Å²) in [6.07, 6.45) is 0.400. The van der Waals surface area contributed by atoms with Crippen molar-refractivity contribution in [2.45, 2.75) is 27.2 Å². The zero-order valence-electron chi connectivity index (χ0n) is 6.27. The van der Waals surface area contributed by atoms with Gasteiger partial charge in [-0.15, -0.1) is 0 Å². The summed E-state index contributed by atoms with van der Waals surface area (Å²) in [7, 11) is 0. The van der Waals surface area contributed by atoms with E-state index in [0.29, 0.717) is 18.3 Å². The van der Waals surface area contributed by atoms with E-state index < -0.39 is 5.91 Å². The monoisotopic (exact) mass is 128 g/mol. The van der Waals surface area contributed by atoms with Gasteiger partial charge in [-0.3, -0.25) is 10.5 Å². The Kier molecular flexibility index (Phi) is 3.28. The molecule has 0 spiro atoms. The van der Waals surface area contributed by atoms with Crippen LogP contribution in [0.25, 0.3) is 0 Å². The summed E-state index contributed by atoms with van der Waals surface area (Å²) in [4.78, 5) is 10.2. The van der Waals surface area contributed by atoms with E-state index in [1.165, 1.54) is 0 Å². The van der Waals surface area contributed by atoms with Gasteiger partial charge >= 0.3 is 0 Å². The summed E-state index contributed by atoms with van der Waals surface area (Å²) < 4.78 is 0. The van der Waals surface area contributed by atoms with E-state index in [4.69, 9.17) is 5.73 Å². The maximum absolute atomic E-state index is 10.2. The van der Waals surface area contributed by atoms with Gasteiger partial charge in [-0.05, 0) is 11.8 Å². The predicted molar refractivity (Wildman–Crippen MR) is 36.7 cm³/mol. The zero-order valence-corrected chi connectivity index (χ0v) is 6.27. The van der Waals surface area contributed by atoms with E-state index in [1.54, 1.807) is 0 Å². The van der Waals surface area contributed by atoms with Gasteiger partial charge in [0.15, 0.2) is 0 Å². The molecule has 2 nitrogen and oxygen atoms in total. The lowest BCUT2D eigenvalue weighted by Crippen LogP contribution is -2.10. The van der Waals surface area contributed by atoms with Gasteiger partial charge in [0.1, 0.15) is 0 Å². The third-order valence-electron chi connectivity index (χ3n) is 1.65. The summed E-state index contributed by atoms with van der Waals surface area (Å²) >= 11 is 0. The van der Waals surface area contributed by atoms with Gasteiger partial charge in [0.05, 0.1) is 0 Å². The molecule has 0 aromatic heterocycles. The van der Waals surface area contributed by atoms with Crippen molar-refractivity contribution in [2.75, 3.05) is 0 Å². The Labute approximate surface area is 56.4 Å². The first kappa shape index (κ1) is 8.47. The fourth-order valence-corrected chi connectivity index (χ4v) is 0.528. The van der Waals surface area contributed by atoms with Crippen molar-refractivity contribution in [3.05, 3.63) is 0 Å². The molecule has 0 fully saturated rings. The van der Waals surface area contributed by atoms with Gasteiger partial charge in [0.25, 0.3) is 0 Å². The highest BCUT2D eigenvalue weighted by Gasteiger charge is 2.09. The fraction of sp³-hybridized carbons (Fsp3) is 0.857. The van der Waals surface area contributed by atoms with Crippen LogP contribution in [-0.2, 0) is 4.79 Å². The Morgan fingerprint density at radius 3 is 2.00 bits per heavy atom. The smallest absolute Gasteiger partial charge is 0.238 e. The van der Waals surface area contributed by atoms with Crippen LogP contribution in [0.4, 0.5) is 0 Å². The number of hydrogen-bond donors (Lipinski definition) is 0. The van der Waals surface area contributed by atoms with Crippen molar-refractivity contribution in [2.24, 2.45) is 11.8 Å². The number of carbonyl (C=O) groups excluding carboxylic acids is 1. The average molecular weight is 128 g/mol. The summed E-state index contributed by atoms with van der Waals surface area (Å²) in [5.41, 5.74) is 6.66. The molecule has 0 aliphatic rings. The van der Waals surface area contributed by atoms with Gasteiger partial charge in [-0.1, -0.05) is 20.8 Å². The number of carbonyl (C=O) groups is 1. The summed E-state index contributed by atoms with van der Waals surface area (Å²) in [5.74, 6) is 0.422. The molecule has 1 atom stereocenters. The van der Waals surface area contributed by atoms with Gasteiger partial charge in [0.2, 0.25) is 5.91 Å². The van der Waals surface area contributed by atoms with E-state index in [1.807, 2.05) is 6.92 Å². The van der Waals surface area contributed by atoms with Crippen molar-refractivity contribution in [3.63, 3.8) is 0 Å². The largest absolute Gasteiger partial charge is 0.273 e. The molecular formula is C7H14NO. The highest BCUT2D eigenvalue weighted by atomic mass is 16.1. The van der Waals surface area contributed by atoms with Crippen LogP contribution in [0.3, 0.4) is 0 Å². The van der Waals surface area contributed by atoms with Gasteiger partial charge < -0.3 is 0 Å². The Balaban J connectivity index is 3.50. The molecule has 53 valence electrons. The van der Waals surface area contributed by atoms with Crippen molar-refractivity contribution in [3.8, 4) is 0 Å². The van der Waals surface area contributed by atoms with Crippen molar-refractivity contribution in [1.82, 2.24) is 5.73 Å². The molecule has 0 saturated carbocycles. The minimum atomic E-state index is -0.448. The van der Waals surface area contributed by atoms with Crippen LogP contribution in [0.1, 0.15) is 27.2 Å². The van der Waals surface area contributed by atoms with Gasteiger partial charge in [-0.2, -0.15) is 0 Å². The molecule has 0 rings (SSSR count). The van der Waals surface area contributed by atoms with E-state index >= 15 is 0 Å². The Morgan fingerprint density at radius 2 is 1.89 bits per heavy atom. The lowest BCUT2D eigenvalue weighted by Gasteiger charge is -2.11. The van der Waals surface area contributed by atoms with Crippen molar-refractivity contribution >= 4 is 5.91 Å². The van der Waals surface area contributed by atoms with Crippen LogP contribution in [0, 0.1) is 11.8 Å². The first-order chi connectivity index (χ1) is 4.04. The van der Waals surface area contributed by atoms with Crippen LogP contribution in [0.2, 0.25) is 0 Å². The number of amides is 1. The second kappa shape index (κ2) is 3.49. The maximum atomic E-state index is 10.2. The Bertz CT molecular complexity index is 99.1. The van der Waals surface area contributed by atoms with Gasteiger partial charge in [0, 0.05) is 6.42 Å². The molecule has 0 aliphatic carbocycles. The lowest BCUT2D eigenvalue weighted by atomic mass is 9.95. The minimum Gasteiger partial charge on any atom is -0.273 e. The van der Waals surface area contributed by atoms with E-state index in [2.05, 4.69) is 13.8 Å². The second-order valence-electron chi connectivity index (χ2n) is 2.85. The lowest BCUT2D eigenvalue weighted by molar-refractivity contribution is -0.119. The van der Waals surface area contributed by atoms with E-state index in [0.717, 1.165) is 0 Å². The molecule has 0 aliphatic heterocycles. The maximum Gasteiger partial charge on any atom is 0.238 e. The third kappa shape index (κ3) is 4.01. The molecule has 1 radical (unpaired) electrons. The first-order valence-electron chi connectivity index (χ1n) is 3.28. The van der Waals surface area contributed by atoms with Crippen molar-refractivity contribution < 1.29 is 4.79 Å². The normalized spacial score (nSPS) is 13.8. The molecule has 0 aromatic rings. The highest BCUT2D eigenvalue weighted by molar-refractivity contribution is 5.73. The summed E-state index contributed by atoms with van der Waals surface area (Å²) in [6.45, 7) is 6.12. The highest BCUT2D eigenvalue weighted by Crippen LogP contribution is 2.12. The summed E-state index contributed by atoms with van der Waals surface area (Å²) in [5, 5.41) is 0. The standard InChI is InChI=1S/C7H14NO/c1-5(2)6(3)4-7(8)9/h5-6,8H,4H2,1-3H3. The molecule has 1 N–H and O–H groups in total. The SMILES string of the molecule is CC(C)C(C)CC([NH])=O. The summed E-state index contributed by atoms with van der Waals surface area (Å²) in [6, 6.07) is 0. The predicted octanol–water partition coefficient (Wildman–Crippen LogP) is 1.48.